The molecule has 2 aromatic heterocycles. The normalized spacial score (nSPS) is 18.3. The second kappa shape index (κ2) is 26.8. The number of esters is 2. The minimum Gasteiger partial charge on any atom is -0.508 e. The second-order valence-corrected chi connectivity index (χ2v) is 34.9. The lowest BCUT2D eigenvalue weighted by atomic mass is 9.49. The van der Waals surface area contributed by atoms with Gasteiger partial charge >= 0.3 is 33.1 Å². The maximum Gasteiger partial charge on any atom is 0.494 e. The molecule has 0 atom stereocenters. The van der Waals surface area contributed by atoms with Crippen molar-refractivity contribution in [1.29, 1.82) is 0 Å². The Morgan fingerprint density at radius 3 is 1.11 bits per heavy atom. The van der Waals surface area contributed by atoms with Crippen LogP contribution in [0.4, 0.5) is 0 Å². The molecular formula is C70H100B3BrN2O12S2. The Hall–Kier alpha value is -4.37. The quantitative estimate of drug-likeness (QED) is 0.0536. The number of hydrogen-bond donors (Lipinski definition) is 2. The molecule has 3 saturated heterocycles. The first kappa shape index (κ1) is 73.1. The third kappa shape index (κ3) is 16.8. The monoisotopic (exact) mass is 1340 g/mol. The molecule has 0 unspecified atom stereocenters. The molecule has 4 aromatic carbocycles. The average Bonchev–Trinajstić information content (AvgIpc) is 1.62. The number of aromatic nitrogens is 2. The van der Waals surface area contributed by atoms with Gasteiger partial charge in [-0.1, -0.05) is 93.9 Å². The minimum absolute atomic E-state index is 0.0367. The van der Waals surface area contributed by atoms with Gasteiger partial charge in [0.15, 0.2) is 0 Å². The molecule has 9 rings (SSSR count). The number of phenols is 2. The van der Waals surface area contributed by atoms with Crippen LogP contribution in [0.25, 0.3) is 21.8 Å². The van der Waals surface area contributed by atoms with Gasteiger partial charge in [-0.25, -0.2) is 0 Å². The van der Waals surface area contributed by atoms with Crippen molar-refractivity contribution in [1.82, 2.24) is 9.13 Å². The molecule has 2 N–H and O–H groups in total. The summed E-state index contributed by atoms with van der Waals surface area (Å²) in [6.07, 6.45) is 1.04. The lowest BCUT2D eigenvalue weighted by molar-refractivity contribution is -0.154. The fourth-order valence-corrected chi connectivity index (χ4v) is 13.3. The lowest BCUT2D eigenvalue weighted by Gasteiger charge is -2.32. The van der Waals surface area contributed by atoms with E-state index in [2.05, 4.69) is 131 Å². The van der Waals surface area contributed by atoms with Crippen LogP contribution in [0.1, 0.15) is 189 Å². The van der Waals surface area contributed by atoms with Gasteiger partial charge in [-0.3, -0.25) is 9.59 Å². The predicted octanol–water partition coefficient (Wildman–Crippen LogP) is 16.1. The number of thioether (sulfide) groups is 2. The molecule has 0 bridgehead atoms. The summed E-state index contributed by atoms with van der Waals surface area (Å²) < 4.78 is 52.7. The van der Waals surface area contributed by atoms with E-state index in [1.165, 1.54) is 5.56 Å². The van der Waals surface area contributed by atoms with E-state index in [1.807, 2.05) is 133 Å². The molecule has 0 spiro atoms. The standard InChI is InChI=1S/C32H44BNO5S.C26H32BrNO3S.C12H24B2O4/c1-11-37-28(36)30(5,6)19-26-27(40-29(2,3)4)24-18-23(35)16-17-25(24)34(26)20-21-12-14-22(15-13-21)33-38-31(7,8)32(9,10)39-33;1-7-31-24(30)26(5,6)15-22-23(32-25(2,3)4)20-14-19(29)12-13-21(20)28(22)16-17-8-10-18(27)11-9-17;1-9(2)10(3,4)16-13(15-9)14-17-11(5,6)12(7,8)18-14/h12-18,35H,11,19-20H2,1-10H3;8-14,29H,7,15-16H2,1-6H3;1-8H3. The topological polar surface area (TPSA) is 158 Å². The van der Waals surface area contributed by atoms with Gasteiger partial charge in [0.2, 0.25) is 0 Å². The van der Waals surface area contributed by atoms with E-state index < -0.39 is 43.2 Å². The van der Waals surface area contributed by atoms with Gasteiger partial charge in [0, 0.05) is 82.9 Å². The van der Waals surface area contributed by atoms with Gasteiger partial charge in [-0.15, -0.1) is 23.5 Å². The first-order valence-corrected chi connectivity index (χ1v) is 34.0. The summed E-state index contributed by atoms with van der Waals surface area (Å²) in [6.45, 7) is 50.9. The largest absolute Gasteiger partial charge is 0.508 e. The summed E-state index contributed by atoms with van der Waals surface area (Å²) in [4.78, 5) is 27.9. The number of hydrogen-bond acceptors (Lipinski definition) is 14. The van der Waals surface area contributed by atoms with Crippen LogP contribution in [0.2, 0.25) is 0 Å². The molecule has 5 heterocycles. The van der Waals surface area contributed by atoms with E-state index >= 15 is 0 Å². The molecule has 6 aromatic rings. The maximum absolute atomic E-state index is 13.0. The van der Waals surface area contributed by atoms with E-state index in [0.29, 0.717) is 39.1 Å². The molecule has 20 heteroatoms. The van der Waals surface area contributed by atoms with Crippen molar-refractivity contribution in [3.8, 4) is 11.5 Å². The highest BCUT2D eigenvalue weighted by molar-refractivity contribution is 9.10. The SMILES string of the molecule is CC1(C)OB(B2OC(C)(C)C(C)(C)O2)OC1(C)C.CCOC(=O)C(C)(C)Cc1c(SC(C)(C)C)c2cc(O)ccc2n1Cc1ccc(B2OC(C)(C)C(C)(C)O2)cc1.CCOC(=O)C(C)(C)Cc1c(SC(C)(C)C)c2cc(O)ccc2n1Cc1ccc(Br)cc1. The number of benzene rings is 4. The van der Waals surface area contributed by atoms with Crippen molar-refractivity contribution in [2.45, 2.75) is 245 Å². The summed E-state index contributed by atoms with van der Waals surface area (Å²) >= 11 is 7.05. The first-order valence-electron chi connectivity index (χ1n) is 31.5. The highest BCUT2D eigenvalue weighted by atomic mass is 79.9. The molecule has 90 heavy (non-hydrogen) atoms. The number of phenolic OH excluding ortho intramolecular Hbond substituents is 2. The van der Waals surface area contributed by atoms with Gasteiger partial charge in [0.25, 0.3) is 0 Å². The summed E-state index contributed by atoms with van der Waals surface area (Å²) in [5, 5.41) is 22.7. The molecule has 0 saturated carbocycles. The molecule has 490 valence electrons. The second-order valence-electron chi connectivity index (χ2n) is 30.3. The van der Waals surface area contributed by atoms with Crippen LogP contribution in [-0.2, 0) is 72.9 Å². The lowest BCUT2D eigenvalue weighted by Crippen LogP contribution is -2.41. The smallest absolute Gasteiger partial charge is 0.494 e. The van der Waals surface area contributed by atoms with Gasteiger partial charge in [0.1, 0.15) is 11.5 Å². The maximum atomic E-state index is 13.0. The number of halogens is 1. The highest BCUT2D eigenvalue weighted by Gasteiger charge is 2.64. The summed E-state index contributed by atoms with van der Waals surface area (Å²) in [5.41, 5.74) is 3.86. The summed E-state index contributed by atoms with van der Waals surface area (Å²) in [6, 6.07) is 27.7. The van der Waals surface area contributed by atoms with Gasteiger partial charge in [-0.05, 0) is 190 Å². The van der Waals surface area contributed by atoms with Crippen LogP contribution in [0.15, 0.2) is 99.2 Å². The van der Waals surface area contributed by atoms with Crippen molar-refractivity contribution in [3.05, 3.63) is 112 Å². The number of aromatic hydroxyl groups is 2. The number of carbonyl (C=O) groups excluding carboxylic acids is 2. The number of ether oxygens (including phenoxy) is 2. The van der Waals surface area contributed by atoms with Gasteiger partial charge in [-0.2, -0.15) is 0 Å². The Labute approximate surface area is 555 Å². The van der Waals surface area contributed by atoms with Crippen LogP contribution >= 0.6 is 39.5 Å². The fourth-order valence-electron chi connectivity index (χ4n) is 10.6. The Bertz CT molecular complexity index is 3440. The van der Waals surface area contributed by atoms with E-state index in [1.54, 1.807) is 35.7 Å². The number of fused-ring (bicyclic) bond motifs is 2. The molecule has 0 radical (unpaired) electrons. The minimum atomic E-state index is -0.724. The summed E-state index contributed by atoms with van der Waals surface area (Å²) in [7, 11) is -1.36. The van der Waals surface area contributed by atoms with E-state index in [4.69, 9.17) is 37.4 Å². The van der Waals surface area contributed by atoms with Crippen molar-refractivity contribution < 1.29 is 57.2 Å². The third-order valence-corrected chi connectivity index (χ3v) is 20.8. The van der Waals surface area contributed by atoms with E-state index in [9.17, 15) is 19.8 Å². The zero-order valence-electron chi connectivity index (χ0n) is 58.1. The van der Waals surface area contributed by atoms with Crippen molar-refractivity contribution in [2.24, 2.45) is 10.8 Å². The zero-order valence-corrected chi connectivity index (χ0v) is 61.3. The molecule has 0 amide bonds. The Kier molecular flexibility index (Phi) is 21.8. The van der Waals surface area contributed by atoms with Crippen molar-refractivity contribution in [3.63, 3.8) is 0 Å². The third-order valence-electron chi connectivity index (χ3n) is 17.8. The van der Waals surface area contributed by atoms with Crippen LogP contribution in [0.5, 0.6) is 11.5 Å². The highest BCUT2D eigenvalue weighted by Crippen LogP contribution is 2.48. The Balaban J connectivity index is 0.000000205. The first-order chi connectivity index (χ1) is 41.2. The van der Waals surface area contributed by atoms with Crippen molar-refractivity contribution in [2.75, 3.05) is 13.2 Å². The molecule has 3 aliphatic rings. The number of rotatable bonds is 16. The van der Waals surface area contributed by atoms with E-state index in [-0.39, 0.29) is 55.3 Å². The van der Waals surface area contributed by atoms with Crippen molar-refractivity contribution >= 4 is 99.8 Å². The molecule has 0 aliphatic carbocycles. The predicted molar refractivity (Wildman–Crippen MR) is 373 cm³/mol. The Morgan fingerprint density at radius 1 is 0.489 bits per heavy atom. The number of carbonyl (C=O) groups is 2. The van der Waals surface area contributed by atoms with E-state index in [0.717, 1.165) is 58.5 Å². The molecule has 3 aliphatic heterocycles. The van der Waals surface area contributed by atoms with Gasteiger partial charge in [0.05, 0.1) is 57.7 Å². The van der Waals surface area contributed by atoms with Crippen LogP contribution in [-0.4, -0.2) is 109 Å². The fraction of sp³-hybridized carbons (Fsp3) is 0.571. The van der Waals surface area contributed by atoms with Crippen LogP contribution in [0, 0.1) is 10.8 Å². The summed E-state index contributed by atoms with van der Waals surface area (Å²) in [5.74, 6) is 0.0526. The van der Waals surface area contributed by atoms with Gasteiger partial charge < -0.3 is 56.7 Å². The zero-order chi connectivity index (χ0) is 67.3. The molecule has 14 nitrogen and oxygen atoms in total. The van der Waals surface area contributed by atoms with Crippen LogP contribution in [0.3, 0.4) is 0 Å². The Morgan fingerprint density at radius 2 is 0.800 bits per heavy atom. The molecule has 3 fully saturated rings. The molecular weight excluding hydrogens is 1240 g/mol. The van der Waals surface area contributed by atoms with Crippen LogP contribution < -0.4 is 5.46 Å². The number of nitrogens with zero attached hydrogens (tertiary/aromatic N) is 2. The average molecular weight is 1340 g/mol.